The number of aromatic nitrogens is 2. The Morgan fingerprint density at radius 3 is 2.62 bits per heavy atom. The summed E-state index contributed by atoms with van der Waals surface area (Å²) in [5.41, 5.74) is 0. The van der Waals surface area contributed by atoms with Gasteiger partial charge in [-0.15, -0.1) is 0 Å². The molecule has 0 aliphatic rings. The SMILES string of the molecule is CCCN(CC(=O)N(C)C)c1cc(Cl)nc(COCC)n1. The van der Waals surface area contributed by atoms with Crippen LogP contribution >= 0.6 is 11.6 Å². The van der Waals surface area contributed by atoms with Crippen LogP contribution in [-0.2, 0) is 16.1 Å². The second-order valence-corrected chi connectivity index (χ2v) is 5.20. The fraction of sp³-hybridized carbons (Fsp3) is 0.643. The zero-order valence-corrected chi connectivity index (χ0v) is 13.9. The highest BCUT2D eigenvalue weighted by Gasteiger charge is 2.15. The minimum Gasteiger partial charge on any atom is -0.374 e. The first-order valence-corrected chi connectivity index (χ1v) is 7.42. The molecule has 0 saturated heterocycles. The molecule has 7 heteroatoms. The van der Waals surface area contributed by atoms with Crippen LogP contribution in [0.2, 0.25) is 5.15 Å². The van der Waals surface area contributed by atoms with E-state index in [0.717, 1.165) is 13.0 Å². The maximum atomic E-state index is 11.9. The number of rotatable bonds is 8. The molecule has 1 aromatic rings. The molecule has 0 N–H and O–H groups in total. The second-order valence-electron chi connectivity index (χ2n) is 4.81. The molecule has 0 atom stereocenters. The van der Waals surface area contributed by atoms with Gasteiger partial charge < -0.3 is 14.5 Å². The van der Waals surface area contributed by atoms with Gasteiger partial charge in [-0.1, -0.05) is 18.5 Å². The Kier molecular flexibility index (Phi) is 7.39. The molecule has 0 unspecified atom stereocenters. The van der Waals surface area contributed by atoms with Crippen LogP contribution in [0.15, 0.2) is 6.07 Å². The number of hydrogen-bond donors (Lipinski definition) is 0. The molecule has 0 spiro atoms. The minimum absolute atomic E-state index is 0.0181. The average molecular weight is 315 g/mol. The van der Waals surface area contributed by atoms with Gasteiger partial charge in [0.2, 0.25) is 5.91 Å². The van der Waals surface area contributed by atoms with E-state index < -0.39 is 0 Å². The number of nitrogens with zero attached hydrogens (tertiary/aromatic N) is 4. The molecule has 0 radical (unpaired) electrons. The molecule has 118 valence electrons. The third kappa shape index (κ3) is 5.85. The maximum Gasteiger partial charge on any atom is 0.241 e. The standard InChI is InChI=1S/C14H23ClN4O2/c1-5-7-19(9-14(20)18(3)4)13-8-11(15)16-12(17-13)10-21-6-2/h8H,5-7,9-10H2,1-4H3. The Balaban J connectivity index is 2.95. The number of halogens is 1. The first kappa shape index (κ1) is 17.7. The Morgan fingerprint density at radius 1 is 1.33 bits per heavy atom. The highest BCUT2D eigenvalue weighted by atomic mass is 35.5. The summed E-state index contributed by atoms with van der Waals surface area (Å²) in [4.78, 5) is 24.0. The predicted molar refractivity (Wildman–Crippen MR) is 83.6 cm³/mol. The van der Waals surface area contributed by atoms with Crippen LogP contribution in [0.3, 0.4) is 0 Å². The van der Waals surface area contributed by atoms with E-state index in [2.05, 4.69) is 16.9 Å². The van der Waals surface area contributed by atoms with E-state index in [-0.39, 0.29) is 12.5 Å². The van der Waals surface area contributed by atoms with Gasteiger partial charge in [0.25, 0.3) is 0 Å². The van der Waals surface area contributed by atoms with E-state index in [0.29, 0.717) is 30.0 Å². The van der Waals surface area contributed by atoms with Gasteiger partial charge in [0.05, 0.1) is 6.54 Å². The van der Waals surface area contributed by atoms with Crippen molar-refractivity contribution in [2.45, 2.75) is 26.9 Å². The van der Waals surface area contributed by atoms with E-state index in [9.17, 15) is 4.79 Å². The molecule has 0 bridgehead atoms. The molecule has 0 aliphatic carbocycles. The average Bonchev–Trinajstić information content (AvgIpc) is 2.43. The number of amides is 1. The van der Waals surface area contributed by atoms with Crippen LogP contribution in [0, 0.1) is 0 Å². The van der Waals surface area contributed by atoms with Gasteiger partial charge in [-0.3, -0.25) is 4.79 Å². The molecular weight excluding hydrogens is 292 g/mol. The zero-order valence-electron chi connectivity index (χ0n) is 13.1. The molecular formula is C14H23ClN4O2. The summed E-state index contributed by atoms with van der Waals surface area (Å²) >= 11 is 6.04. The molecule has 1 rings (SSSR count). The van der Waals surface area contributed by atoms with Crippen molar-refractivity contribution in [1.82, 2.24) is 14.9 Å². The minimum atomic E-state index is 0.0181. The van der Waals surface area contributed by atoms with Crippen molar-refractivity contribution < 1.29 is 9.53 Å². The largest absolute Gasteiger partial charge is 0.374 e. The number of carbonyl (C=O) groups excluding carboxylic acids is 1. The summed E-state index contributed by atoms with van der Waals surface area (Å²) in [6.45, 7) is 5.85. The fourth-order valence-corrected chi connectivity index (χ4v) is 1.92. The third-order valence-electron chi connectivity index (χ3n) is 2.81. The lowest BCUT2D eigenvalue weighted by molar-refractivity contribution is -0.127. The molecule has 0 saturated carbocycles. The summed E-state index contributed by atoms with van der Waals surface area (Å²) in [7, 11) is 3.47. The molecule has 0 fully saturated rings. The van der Waals surface area contributed by atoms with Crippen molar-refractivity contribution in [3.8, 4) is 0 Å². The monoisotopic (exact) mass is 314 g/mol. The van der Waals surface area contributed by atoms with Crippen molar-refractivity contribution in [2.24, 2.45) is 0 Å². The molecule has 0 aliphatic heterocycles. The molecule has 1 amide bonds. The van der Waals surface area contributed by atoms with Crippen molar-refractivity contribution in [3.05, 3.63) is 17.0 Å². The Morgan fingerprint density at radius 2 is 2.05 bits per heavy atom. The molecule has 21 heavy (non-hydrogen) atoms. The second kappa shape index (κ2) is 8.79. The van der Waals surface area contributed by atoms with Crippen LogP contribution in [0.25, 0.3) is 0 Å². The number of hydrogen-bond acceptors (Lipinski definition) is 5. The normalized spacial score (nSPS) is 10.5. The van der Waals surface area contributed by atoms with E-state index in [1.165, 1.54) is 0 Å². The van der Waals surface area contributed by atoms with Gasteiger partial charge in [-0.05, 0) is 13.3 Å². The van der Waals surface area contributed by atoms with E-state index in [1.807, 2.05) is 11.8 Å². The fourth-order valence-electron chi connectivity index (χ4n) is 1.72. The van der Waals surface area contributed by atoms with Crippen LogP contribution in [-0.4, -0.2) is 54.6 Å². The van der Waals surface area contributed by atoms with Gasteiger partial charge in [-0.25, -0.2) is 9.97 Å². The number of ether oxygens (including phenoxy) is 1. The van der Waals surface area contributed by atoms with Crippen molar-refractivity contribution in [3.63, 3.8) is 0 Å². The predicted octanol–water partition coefficient (Wildman–Crippen LogP) is 1.97. The van der Waals surface area contributed by atoms with Crippen molar-refractivity contribution in [1.29, 1.82) is 0 Å². The highest BCUT2D eigenvalue weighted by molar-refractivity contribution is 6.29. The Bertz CT molecular complexity index is 468. The van der Waals surface area contributed by atoms with Gasteiger partial charge in [-0.2, -0.15) is 0 Å². The van der Waals surface area contributed by atoms with Crippen LogP contribution in [0.1, 0.15) is 26.1 Å². The van der Waals surface area contributed by atoms with E-state index in [4.69, 9.17) is 16.3 Å². The van der Waals surface area contributed by atoms with E-state index >= 15 is 0 Å². The lowest BCUT2D eigenvalue weighted by Gasteiger charge is -2.24. The Hall–Kier alpha value is -1.40. The lowest BCUT2D eigenvalue weighted by atomic mass is 10.3. The maximum absolute atomic E-state index is 11.9. The van der Waals surface area contributed by atoms with Gasteiger partial charge >= 0.3 is 0 Å². The molecule has 1 aromatic heterocycles. The first-order chi connectivity index (χ1) is 9.97. The van der Waals surface area contributed by atoms with Crippen LogP contribution < -0.4 is 4.90 Å². The summed E-state index contributed by atoms with van der Waals surface area (Å²) in [6.07, 6.45) is 0.906. The lowest BCUT2D eigenvalue weighted by Crippen LogP contribution is -2.37. The van der Waals surface area contributed by atoms with Crippen LogP contribution in [0.4, 0.5) is 5.82 Å². The smallest absolute Gasteiger partial charge is 0.241 e. The van der Waals surface area contributed by atoms with Gasteiger partial charge in [0, 0.05) is 33.3 Å². The molecule has 1 heterocycles. The Labute approximate surface area is 131 Å². The van der Waals surface area contributed by atoms with Gasteiger partial charge in [0.15, 0.2) is 5.82 Å². The number of likely N-dealkylation sites (N-methyl/N-ethyl adjacent to an activating group) is 1. The third-order valence-corrected chi connectivity index (χ3v) is 3.00. The molecule has 6 nitrogen and oxygen atoms in total. The van der Waals surface area contributed by atoms with Gasteiger partial charge in [0.1, 0.15) is 17.6 Å². The summed E-state index contributed by atoms with van der Waals surface area (Å²) in [5.74, 6) is 1.20. The number of carbonyl (C=O) groups is 1. The van der Waals surface area contributed by atoms with Crippen LogP contribution in [0.5, 0.6) is 0 Å². The van der Waals surface area contributed by atoms with Crippen molar-refractivity contribution in [2.75, 3.05) is 38.7 Å². The molecule has 0 aromatic carbocycles. The summed E-state index contributed by atoms with van der Waals surface area (Å²) in [5, 5.41) is 0.355. The highest BCUT2D eigenvalue weighted by Crippen LogP contribution is 2.17. The topological polar surface area (TPSA) is 58.6 Å². The van der Waals surface area contributed by atoms with Crippen molar-refractivity contribution >= 4 is 23.3 Å². The number of anilines is 1. The quantitative estimate of drug-likeness (QED) is 0.687. The summed E-state index contributed by atoms with van der Waals surface area (Å²) in [6, 6.07) is 1.68. The zero-order chi connectivity index (χ0) is 15.8. The first-order valence-electron chi connectivity index (χ1n) is 7.04. The summed E-state index contributed by atoms with van der Waals surface area (Å²) < 4.78 is 5.31. The van der Waals surface area contributed by atoms with E-state index in [1.54, 1.807) is 25.1 Å².